The van der Waals surface area contributed by atoms with Crippen LogP contribution in [0.5, 0.6) is 0 Å². The zero-order valence-electron chi connectivity index (χ0n) is 17.1. The Labute approximate surface area is 176 Å². The van der Waals surface area contributed by atoms with Crippen molar-refractivity contribution in [1.29, 1.82) is 0 Å². The number of benzene rings is 2. The lowest BCUT2D eigenvalue weighted by Gasteiger charge is -2.40. The minimum Gasteiger partial charge on any atom is -0.333 e. The van der Waals surface area contributed by atoms with Crippen LogP contribution in [0.25, 0.3) is 0 Å². The first-order valence-electron chi connectivity index (χ1n) is 10.2. The van der Waals surface area contributed by atoms with Crippen LogP contribution >= 0.6 is 0 Å². The van der Waals surface area contributed by atoms with Gasteiger partial charge in [-0.1, -0.05) is 42.5 Å². The van der Waals surface area contributed by atoms with E-state index in [0.29, 0.717) is 17.9 Å². The van der Waals surface area contributed by atoms with Crippen LogP contribution in [-0.2, 0) is 14.4 Å². The molecular weight excluding hydrogens is 380 g/mol. The normalized spacial score (nSPS) is 19.2. The maximum Gasteiger partial charge on any atom is 0.244 e. The van der Waals surface area contributed by atoms with E-state index >= 15 is 0 Å². The van der Waals surface area contributed by atoms with Gasteiger partial charge in [-0.05, 0) is 24.7 Å². The number of amides is 3. The topological polar surface area (TPSA) is 73.0 Å². The predicted molar refractivity (Wildman–Crippen MR) is 115 cm³/mol. The summed E-state index contributed by atoms with van der Waals surface area (Å²) in [6.07, 6.45) is 0.209. The van der Waals surface area contributed by atoms with Crippen LogP contribution in [0.2, 0.25) is 0 Å². The summed E-state index contributed by atoms with van der Waals surface area (Å²) in [5, 5.41) is 2.78. The van der Waals surface area contributed by atoms with Gasteiger partial charge in [-0.2, -0.15) is 0 Å². The second-order valence-electron chi connectivity index (χ2n) is 7.82. The largest absolute Gasteiger partial charge is 0.333 e. The molecule has 0 aromatic heterocycles. The summed E-state index contributed by atoms with van der Waals surface area (Å²) in [5.74, 6) is -0.465. The van der Waals surface area contributed by atoms with E-state index in [-0.39, 0.29) is 43.1 Å². The molecule has 1 fully saturated rings. The molecule has 2 aromatic rings. The lowest BCUT2D eigenvalue weighted by molar-refractivity contribution is -0.137. The molecule has 156 valence electrons. The highest BCUT2D eigenvalue weighted by Gasteiger charge is 2.31. The number of nitrogens with zero attached hydrogens (tertiary/aromatic N) is 3. The van der Waals surface area contributed by atoms with Crippen LogP contribution in [0.3, 0.4) is 0 Å². The van der Waals surface area contributed by atoms with Crippen molar-refractivity contribution in [3.05, 3.63) is 60.2 Å². The molecule has 2 aromatic carbocycles. The van der Waals surface area contributed by atoms with Crippen LogP contribution in [0.15, 0.2) is 54.6 Å². The molecule has 30 heavy (non-hydrogen) atoms. The van der Waals surface area contributed by atoms with Crippen molar-refractivity contribution in [1.82, 2.24) is 9.80 Å². The van der Waals surface area contributed by atoms with Gasteiger partial charge in [0.2, 0.25) is 17.7 Å². The SMILES string of the molecule is CN1CCN(C(=O)CCC(=O)N2CC(=O)Nc3ccccc32)C(c2ccccc2)C1. The number of para-hydroxylation sites is 2. The second-order valence-corrected chi connectivity index (χ2v) is 7.82. The number of hydrogen-bond donors (Lipinski definition) is 1. The molecule has 0 spiro atoms. The van der Waals surface area contributed by atoms with E-state index in [4.69, 9.17) is 0 Å². The van der Waals surface area contributed by atoms with Gasteiger partial charge in [-0.15, -0.1) is 0 Å². The molecule has 7 heteroatoms. The standard InChI is InChI=1S/C23H26N4O3/c1-25-13-14-26(20(15-25)17-7-3-2-4-8-17)22(29)11-12-23(30)27-16-21(28)24-18-9-5-6-10-19(18)27/h2-10,20H,11-16H2,1H3,(H,24,28). The third-order valence-electron chi connectivity index (χ3n) is 5.71. The first-order chi connectivity index (χ1) is 14.5. The Morgan fingerprint density at radius 2 is 1.67 bits per heavy atom. The van der Waals surface area contributed by atoms with Crippen LogP contribution in [-0.4, -0.2) is 60.7 Å². The van der Waals surface area contributed by atoms with Gasteiger partial charge >= 0.3 is 0 Å². The van der Waals surface area contributed by atoms with Crippen molar-refractivity contribution in [2.75, 3.05) is 43.4 Å². The van der Waals surface area contributed by atoms with E-state index < -0.39 is 0 Å². The lowest BCUT2D eigenvalue weighted by Crippen LogP contribution is -2.49. The van der Waals surface area contributed by atoms with Crippen LogP contribution in [0, 0.1) is 0 Å². The van der Waals surface area contributed by atoms with E-state index in [9.17, 15) is 14.4 Å². The first kappa shape index (κ1) is 20.1. The minimum atomic E-state index is -0.225. The Morgan fingerprint density at radius 1 is 0.967 bits per heavy atom. The molecule has 1 N–H and O–H groups in total. The summed E-state index contributed by atoms with van der Waals surface area (Å²) < 4.78 is 0. The highest BCUT2D eigenvalue weighted by Crippen LogP contribution is 2.30. The zero-order chi connectivity index (χ0) is 21.1. The Hall–Kier alpha value is -3.19. The van der Waals surface area contributed by atoms with Crippen molar-refractivity contribution >= 4 is 29.1 Å². The summed E-state index contributed by atoms with van der Waals surface area (Å²) >= 11 is 0. The van der Waals surface area contributed by atoms with E-state index in [1.165, 1.54) is 4.90 Å². The highest BCUT2D eigenvalue weighted by molar-refractivity contribution is 6.10. The van der Waals surface area contributed by atoms with Gasteiger partial charge in [0.1, 0.15) is 6.54 Å². The average molecular weight is 406 g/mol. The summed E-state index contributed by atoms with van der Waals surface area (Å²) in [7, 11) is 2.06. The molecule has 2 aliphatic rings. The highest BCUT2D eigenvalue weighted by atomic mass is 16.2. The predicted octanol–water partition coefficient (Wildman–Crippen LogP) is 2.27. The second kappa shape index (κ2) is 8.67. The molecule has 2 aliphatic heterocycles. The summed E-state index contributed by atoms with van der Waals surface area (Å²) in [6.45, 7) is 2.19. The first-order valence-corrected chi connectivity index (χ1v) is 10.2. The zero-order valence-corrected chi connectivity index (χ0v) is 17.1. The van der Waals surface area contributed by atoms with Gasteiger partial charge in [-0.25, -0.2) is 0 Å². The third kappa shape index (κ3) is 4.21. The molecule has 0 saturated carbocycles. The Morgan fingerprint density at radius 3 is 2.47 bits per heavy atom. The number of nitrogens with one attached hydrogen (secondary N) is 1. The van der Waals surface area contributed by atoms with Gasteiger partial charge in [0.15, 0.2) is 0 Å². The number of likely N-dealkylation sites (N-methyl/N-ethyl adjacent to an activating group) is 1. The van der Waals surface area contributed by atoms with Gasteiger partial charge in [0.05, 0.1) is 17.4 Å². The number of rotatable bonds is 4. The monoisotopic (exact) mass is 406 g/mol. The van der Waals surface area contributed by atoms with Gasteiger partial charge in [0, 0.05) is 32.5 Å². The summed E-state index contributed by atoms with van der Waals surface area (Å²) in [5.41, 5.74) is 2.40. The fourth-order valence-electron chi connectivity index (χ4n) is 4.13. The maximum atomic E-state index is 13.0. The van der Waals surface area contributed by atoms with Crippen molar-refractivity contribution in [2.24, 2.45) is 0 Å². The van der Waals surface area contributed by atoms with Gasteiger partial charge < -0.3 is 20.0 Å². The molecule has 1 atom stereocenters. The molecular formula is C23H26N4O3. The Balaban J connectivity index is 1.44. The minimum absolute atomic E-state index is 0.0194. The molecule has 0 bridgehead atoms. The van der Waals surface area contributed by atoms with Crippen molar-refractivity contribution in [3.63, 3.8) is 0 Å². The number of carbonyl (C=O) groups excluding carboxylic acids is 3. The smallest absolute Gasteiger partial charge is 0.244 e. The number of carbonyl (C=O) groups is 3. The fraction of sp³-hybridized carbons (Fsp3) is 0.348. The number of hydrogen-bond acceptors (Lipinski definition) is 4. The molecule has 0 aliphatic carbocycles. The number of piperazine rings is 1. The van der Waals surface area contributed by atoms with Gasteiger partial charge in [-0.3, -0.25) is 14.4 Å². The average Bonchev–Trinajstić information content (AvgIpc) is 2.77. The van der Waals surface area contributed by atoms with E-state index in [0.717, 1.165) is 18.7 Å². The molecule has 7 nitrogen and oxygen atoms in total. The van der Waals surface area contributed by atoms with E-state index in [1.54, 1.807) is 12.1 Å². The summed E-state index contributed by atoms with van der Waals surface area (Å²) in [4.78, 5) is 43.5. The number of anilines is 2. The Bertz CT molecular complexity index is 946. The van der Waals surface area contributed by atoms with E-state index in [2.05, 4.69) is 17.3 Å². The molecule has 2 heterocycles. The van der Waals surface area contributed by atoms with Crippen LogP contribution < -0.4 is 10.2 Å². The molecule has 3 amide bonds. The molecule has 1 saturated heterocycles. The Kier molecular flexibility index (Phi) is 5.81. The van der Waals surface area contributed by atoms with Crippen molar-refractivity contribution < 1.29 is 14.4 Å². The van der Waals surface area contributed by atoms with Crippen molar-refractivity contribution in [3.8, 4) is 0 Å². The molecule has 1 unspecified atom stereocenters. The van der Waals surface area contributed by atoms with E-state index in [1.807, 2.05) is 47.4 Å². The molecule has 4 rings (SSSR count). The third-order valence-corrected chi connectivity index (χ3v) is 5.71. The summed E-state index contributed by atoms with van der Waals surface area (Å²) in [6, 6.07) is 17.2. The lowest BCUT2D eigenvalue weighted by atomic mass is 10.0. The van der Waals surface area contributed by atoms with Crippen LogP contribution in [0.1, 0.15) is 24.4 Å². The van der Waals surface area contributed by atoms with Crippen molar-refractivity contribution in [2.45, 2.75) is 18.9 Å². The van der Waals surface area contributed by atoms with Crippen LogP contribution in [0.4, 0.5) is 11.4 Å². The number of fused-ring (bicyclic) bond motifs is 1. The molecule has 0 radical (unpaired) electrons. The van der Waals surface area contributed by atoms with Gasteiger partial charge in [0.25, 0.3) is 0 Å². The fourth-order valence-corrected chi connectivity index (χ4v) is 4.13. The maximum absolute atomic E-state index is 13.0. The quantitative estimate of drug-likeness (QED) is 0.846.